The Morgan fingerprint density at radius 1 is 0.952 bits per heavy atom. The fourth-order valence-electron chi connectivity index (χ4n) is 4.71. The molecule has 0 N–H and O–H groups in total. The molecule has 0 radical (unpaired) electrons. The summed E-state index contributed by atoms with van der Waals surface area (Å²) >= 11 is 4.25. The summed E-state index contributed by atoms with van der Waals surface area (Å²) in [6, 6.07) is 0. The molecule has 2 rings (SSSR count). The van der Waals surface area contributed by atoms with Crippen LogP contribution in [0.25, 0.3) is 0 Å². The standard InChI is InChI=1S/C19H36OS/c1-18(2)16-11-12-19(18,3)17(15-16)20-13-9-7-5-4-6-8-10-14-21/h16-17,21H,4-15H2,1-3H3. The Hall–Kier alpha value is 0.310. The average Bonchev–Trinajstić information content (AvgIpc) is 2.78. The van der Waals surface area contributed by atoms with E-state index in [4.69, 9.17) is 4.74 Å². The molecule has 0 heterocycles. The van der Waals surface area contributed by atoms with Gasteiger partial charge in [-0.15, -0.1) is 0 Å². The minimum Gasteiger partial charge on any atom is -0.378 e. The van der Waals surface area contributed by atoms with Crippen molar-refractivity contribution in [1.82, 2.24) is 0 Å². The molecule has 2 aliphatic carbocycles. The van der Waals surface area contributed by atoms with Gasteiger partial charge in [-0.3, -0.25) is 0 Å². The van der Waals surface area contributed by atoms with Crippen LogP contribution in [0.5, 0.6) is 0 Å². The SMILES string of the molecule is CC1(C)C2CCC1(C)C(OCCCCCCCCCS)C2. The van der Waals surface area contributed by atoms with E-state index in [2.05, 4.69) is 33.4 Å². The van der Waals surface area contributed by atoms with Gasteiger partial charge in [0, 0.05) is 6.61 Å². The zero-order valence-electron chi connectivity index (χ0n) is 14.5. The summed E-state index contributed by atoms with van der Waals surface area (Å²) in [6.07, 6.45) is 14.0. The Balaban J connectivity index is 1.54. The predicted molar refractivity (Wildman–Crippen MR) is 95.1 cm³/mol. The lowest BCUT2D eigenvalue weighted by Gasteiger charge is -2.39. The fraction of sp³-hybridized carbons (Fsp3) is 1.00. The van der Waals surface area contributed by atoms with Crippen LogP contribution < -0.4 is 0 Å². The molecule has 0 aromatic rings. The number of thiol groups is 1. The van der Waals surface area contributed by atoms with Crippen LogP contribution in [0, 0.1) is 16.7 Å². The first-order valence-electron chi connectivity index (χ1n) is 9.25. The molecule has 0 aliphatic heterocycles. The highest BCUT2D eigenvalue weighted by molar-refractivity contribution is 7.80. The molecule has 124 valence electrons. The lowest BCUT2D eigenvalue weighted by molar-refractivity contribution is -0.0475. The van der Waals surface area contributed by atoms with E-state index in [1.807, 2.05) is 0 Å². The highest BCUT2D eigenvalue weighted by atomic mass is 32.1. The summed E-state index contributed by atoms with van der Waals surface area (Å²) in [5.74, 6) is 1.95. The summed E-state index contributed by atoms with van der Waals surface area (Å²) in [6.45, 7) is 8.41. The van der Waals surface area contributed by atoms with E-state index >= 15 is 0 Å². The molecule has 0 amide bonds. The number of ether oxygens (including phenoxy) is 1. The first kappa shape index (κ1) is 17.7. The monoisotopic (exact) mass is 312 g/mol. The van der Waals surface area contributed by atoms with Gasteiger partial charge in [-0.1, -0.05) is 52.9 Å². The van der Waals surface area contributed by atoms with E-state index in [9.17, 15) is 0 Å². The van der Waals surface area contributed by atoms with Crippen molar-refractivity contribution in [3.05, 3.63) is 0 Å². The Morgan fingerprint density at radius 2 is 1.57 bits per heavy atom. The van der Waals surface area contributed by atoms with Crippen molar-refractivity contribution in [2.24, 2.45) is 16.7 Å². The molecule has 3 unspecified atom stereocenters. The minimum absolute atomic E-state index is 0.435. The Morgan fingerprint density at radius 3 is 2.10 bits per heavy atom. The van der Waals surface area contributed by atoms with Crippen LogP contribution in [0.4, 0.5) is 0 Å². The number of hydrogen-bond acceptors (Lipinski definition) is 2. The second kappa shape index (κ2) is 7.73. The van der Waals surface area contributed by atoms with Gasteiger partial charge in [0.2, 0.25) is 0 Å². The van der Waals surface area contributed by atoms with Crippen molar-refractivity contribution in [1.29, 1.82) is 0 Å². The first-order chi connectivity index (χ1) is 10.0. The summed E-state index contributed by atoms with van der Waals surface area (Å²) in [7, 11) is 0. The molecule has 21 heavy (non-hydrogen) atoms. The Bertz CT molecular complexity index is 315. The Labute approximate surface area is 138 Å². The zero-order valence-corrected chi connectivity index (χ0v) is 15.4. The molecule has 2 saturated carbocycles. The second-order valence-electron chi connectivity index (χ2n) is 8.17. The smallest absolute Gasteiger partial charge is 0.0636 e. The third-order valence-electron chi connectivity index (χ3n) is 6.84. The quantitative estimate of drug-likeness (QED) is 0.391. The second-order valence-corrected chi connectivity index (χ2v) is 8.62. The maximum atomic E-state index is 6.31. The van der Waals surface area contributed by atoms with E-state index in [-0.39, 0.29) is 0 Å². The Kier molecular flexibility index (Phi) is 6.50. The molecule has 2 bridgehead atoms. The van der Waals surface area contributed by atoms with Gasteiger partial charge in [0.05, 0.1) is 6.10 Å². The molecule has 1 nitrogen and oxygen atoms in total. The molecule has 2 heteroatoms. The lowest BCUT2D eigenvalue weighted by atomic mass is 9.70. The molecular formula is C19H36OS. The highest BCUT2D eigenvalue weighted by Gasteiger charge is 2.61. The summed E-state index contributed by atoms with van der Waals surface area (Å²) < 4.78 is 6.31. The van der Waals surface area contributed by atoms with Gasteiger partial charge >= 0.3 is 0 Å². The number of unbranched alkanes of at least 4 members (excludes halogenated alkanes) is 6. The average molecular weight is 313 g/mol. The third-order valence-corrected chi connectivity index (χ3v) is 7.15. The van der Waals surface area contributed by atoms with Crippen LogP contribution in [-0.2, 0) is 4.74 Å². The molecule has 2 fully saturated rings. The van der Waals surface area contributed by atoms with Crippen molar-refractivity contribution in [2.45, 2.75) is 91.1 Å². The van der Waals surface area contributed by atoms with Crippen molar-refractivity contribution in [3.8, 4) is 0 Å². The topological polar surface area (TPSA) is 9.23 Å². The molecule has 0 spiro atoms. The number of rotatable bonds is 10. The van der Waals surface area contributed by atoms with Crippen molar-refractivity contribution < 1.29 is 4.74 Å². The zero-order chi connectivity index (χ0) is 15.3. The largest absolute Gasteiger partial charge is 0.378 e. The van der Waals surface area contributed by atoms with Gasteiger partial charge < -0.3 is 4.74 Å². The molecule has 2 aliphatic rings. The van der Waals surface area contributed by atoms with Crippen LogP contribution in [-0.4, -0.2) is 18.5 Å². The molecular weight excluding hydrogens is 276 g/mol. The third kappa shape index (κ3) is 3.80. The highest BCUT2D eigenvalue weighted by Crippen LogP contribution is 2.66. The van der Waals surface area contributed by atoms with E-state index in [0.717, 1.165) is 18.3 Å². The van der Waals surface area contributed by atoms with Crippen LogP contribution in [0.15, 0.2) is 0 Å². The van der Waals surface area contributed by atoms with Gasteiger partial charge in [-0.25, -0.2) is 0 Å². The van der Waals surface area contributed by atoms with Gasteiger partial charge in [0.15, 0.2) is 0 Å². The van der Waals surface area contributed by atoms with Crippen LogP contribution in [0.2, 0.25) is 0 Å². The maximum absolute atomic E-state index is 6.31. The minimum atomic E-state index is 0.435. The van der Waals surface area contributed by atoms with E-state index in [1.165, 1.54) is 64.2 Å². The molecule has 0 aromatic carbocycles. The molecule has 0 aromatic heterocycles. The maximum Gasteiger partial charge on any atom is 0.0636 e. The normalized spacial score (nSPS) is 33.7. The van der Waals surface area contributed by atoms with E-state index in [1.54, 1.807) is 0 Å². The fourth-order valence-corrected chi connectivity index (χ4v) is 4.93. The lowest BCUT2D eigenvalue weighted by Crippen LogP contribution is -2.37. The van der Waals surface area contributed by atoms with Gasteiger partial charge in [0.25, 0.3) is 0 Å². The summed E-state index contributed by atoms with van der Waals surface area (Å²) in [5, 5.41) is 0. The van der Waals surface area contributed by atoms with Crippen molar-refractivity contribution >= 4 is 12.6 Å². The summed E-state index contributed by atoms with van der Waals surface area (Å²) in [5.41, 5.74) is 0.926. The predicted octanol–water partition coefficient (Wildman–Crippen LogP) is 5.88. The van der Waals surface area contributed by atoms with Crippen molar-refractivity contribution in [3.63, 3.8) is 0 Å². The molecule has 0 saturated heterocycles. The number of fused-ring (bicyclic) bond motifs is 2. The van der Waals surface area contributed by atoms with Gasteiger partial charge in [-0.05, 0) is 54.6 Å². The van der Waals surface area contributed by atoms with E-state index < -0.39 is 0 Å². The van der Waals surface area contributed by atoms with E-state index in [0.29, 0.717) is 16.9 Å². The van der Waals surface area contributed by atoms with Crippen LogP contribution in [0.3, 0.4) is 0 Å². The van der Waals surface area contributed by atoms with Gasteiger partial charge in [0.1, 0.15) is 0 Å². The number of hydrogen-bond donors (Lipinski definition) is 1. The van der Waals surface area contributed by atoms with Crippen molar-refractivity contribution in [2.75, 3.05) is 12.4 Å². The summed E-state index contributed by atoms with van der Waals surface area (Å²) in [4.78, 5) is 0. The van der Waals surface area contributed by atoms with Crippen LogP contribution in [0.1, 0.15) is 85.0 Å². The molecule has 3 atom stereocenters. The first-order valence-corrected chi connectivity index (χ1v) is 9.88. The van der Waals surface area contributed by atoms with Gasteiger partial charge in [-0.2, -0.15) is 12.6 Å². The van der Waals surface area contributed by atoms with Crippen LogP contribution >= 0.6 is 12.6 Å².